The molecule has 1 aromatic rings. The van der Waals surface area contributed by atoms with Crippen molar-refractivity contribution in [3.63, 3.8) is 0 Å². The van der Waals surface area contributed by atoms with Gasteiger partial charge < -0.3 is 5.32 Å². The van der Waals surface area contributed by atoms with E-state index in [1.807, 2.05) is 6.07 Å². The second kappa shape index (κ2) is 4.08. The van der Waals surface area contributed by atoms with Crippen LogP contribution in [-0.4, -0.2) is 32.7 Å². The van der Waals surface area contributed by atoms with Crippen molar-refractivity contribution < 1.29 is 8.76 Å². The Morgan fingerprint density at radius 1 is 1.29 bits per heavy atom. The molecule has 3 rings (SSSR count). The predicted octanol–water partition coefficient (Wildman–Crippen LogP) is 1.58. The smallest absolute Gasteiger partial charge is 0.234 e. The fraction of sp³-hybridized carbons (Fsp3) is 0.500. The van der Waals surface area contributed by atoms with E-state index >= 15 is 0 Å². The molecule has 2 aliphatic heterocycles. The molecule has 0 saturated carbocycles. The zero-order chi connectivity index (χ0) is 11.9. The van der Waals surface area contributed by atoms with E-state index < -0.39 is 11.3 Å². The monoisotopic (exact) mass is 252 g/mol. The zero-order valence-electron chi connectivity index (χ0n) is 9.56. The van der Waals surface area contributed by atoms with Crippen LogP contribution >= 0.6 is 0 Å². The first-order chi connectivity index (χ1) is 8.21. The van der Waals surface area contributed by atoms with Gasteiger partial charge in [-0.15, -0.1) is 0 Å². The van der Waals surface area contributed by atoms with Gasteiger partial charge in [-0.1, -0.05) is 18.2 Å². The topological polar surface area (TPSA) is 52.6 Å². The van der Waals surface area contributed by atoms with E-state index in [4.69, 9.17) is 4.55 Å². The Morgan fingerprint density at radius 3 is 2.71 bits per heavy atom. The van der Waals surface area contributed by atoms with Gasteiger partial charge in [0, 0.05) is 30.7 Å². The standard InChI is InChI=1S/C12H16N2O2S/c15-17(16)14-7-5-12(6-8-14)9-13-11-4-2-1-3-10(11)12/h1-4,13H,5-9H2,(H,15,16). The molecule has 5 heteroatoms. The fourth-order valence-electron chi connectivity index (χ4n) is 2.98. The summed E-state index contributed by atoms with van der Waals surface area (Å²) in [7, 11) is 0. The summed E-state index contributed by atoms with van der Waals surface area (Å²) in [4.78, 5) is 0. The summed E-state index contributed by atoms with van der Waals surface area (Å²) < 4.78 is 21.7. The summed E-state index contributed by atoms with van der Waals surface area (Å²) in [5.74, 6) is 0. The molecule has 2 heterocycles. The molecule has 1 fully saturated rings. The summed E-state index contributed by atoms with van der Waals surface area (Å²) >= 11 is -1.81. The highest BCUT2D eigenvalue weighted by Crippen LogP contribution is 2.43. The molecular formula is C12H16N2O2S. The van der Waals surface area contributed by atoms with E-state index in [0.29, 0.717) is 13.1 Å². The Morgan fingerprint density at radius 2 is 2.00 bits per heavy atom. The SMILES string of the molecule is O=S(O)N1CCC2(CC1)CNc1ccccc12. The number of rotatable bonds is 1. The highest BCUT2D eigenvalue weighted by Gasteiger charge is 2.41. The van der Waals surface area contributed by atoms with Gasteiger partial charge in [-0.2, -0.15) is 0 Å². The third kappa shape index (κ3) is 1.78. The summed E-state index contributed by atoms with van der Waals surface area (Å²) in [5.41, 5.74) is 2.78. The van der Waals surface area contributed by atoms with Gasteiger partial charge in [0.25, 0.3) is 0 Å². The Labute approximate surface area is 103 Å². The lowest BCUT2D eigenvalue weighted by atomic mass is 9.75. The van der Waals surface area contributed by atoms with Crippen molar-refractivity contribution in [2.45, 2.75) is 18.3 Å². The minimum Gasteiger partial charge on any atom is -0.384 e. The fourth-order valence-corrected chi connectivity index (χ4v) is 3.47. The summed E-state index contributed by atoms with van der Waals surface area (Å²) in [6.07, 6.45) is 1.90. The quantitative estimate of drug-likeness (QED) is 0.746. The van der Waals surface area contributed by atoms with Crippen LogP contribution in [0.1, 0.15) is 18.4 Å². The molecular weight excluding hydrogens is 236 g/mol. The van der Waals surface area contributed by atoms with Crippen molar-refractivity contribution in [1.82, 2.24) is 4.31 Å². The van der Waals surface area contributed by atoms with E-state index in [1.54, 1.807) is 4.31 Å². The van der Waals surface area contributed by atoms with Crippen molar-refractivity contribution in [3.05, 3.63) is 29.8 Å². The number of fused-ring (bicyclic) bond motifs is 2. The molecule has 1 spiro atoms. The first kappa shape index (κ1) is 11.2. The molecule has 0 bridgehead atoms. The molecule has 4 nitrogen and oxygen atoms in total. The van der Waals surface area contributed by atoms with Gasteiger partial charge in [-0.25, -0.2) is 8.51 Å². The second-order valence-electron chi connectivity index (χ2n) is 4.84. The summed E-state index contributed by atoms with van der Waals surface area (Å²) in [6, 6.07) is 8.41. The first-order valence-electron chi connectivity index (χ1n) is 5.91. The molecule has 1 atom stereocenters. The van der Waals surface area contributed by atoms with E-state index in [-0.39, 0.29) is 5.41 Å². The molecule has 17 heavy (non-hydrogen) atoms. The Balaban J connectivity index is 1.85. The van der Waals surface area contributed by atoms with Gasteiger partial charge in [0.2, 0.25) is 11.3 Å². The molecule has 1 aromatic carbocycles. The van der Waals surface area contributed by atoms with E-state index in [2.05, 4.69) is 23.5 Å². The largest absolute Gasteiger partial charge is 0.384 e. The van der Waals surface area contributed by atoms with Crippen LogP contribution in [0.4, 0.5) is 5.69 Å². The van der Waals surface area contributed by atoms with Crippen LogP contribution in [0.3, 0.4) is 0 Å². The van der Waals surface area contributed by atoms with Crippen LogP contribution in [0.15, 0.2) is 24.3 Å². The minimum atomic E-state index is -1.81. The third-order valence-corrected chi connectivity index (χ3v) is 4.82. The molecule has 2 aliphatic rings. The average Bonchev–Trinajstić information content (AvgIpc) is 2.70. The molecule has 92 valence electrons. The average molecular weight is 252 g/mol. The predicted molar refractivity (Wildman–Crippen MR) is 68.2 cm³/mol. The van der Waals surface area contributed by atoms with Crippen LogP contribution in [0.2, 0.25) is 0 Å². The van der Waals surface area contributed by atoms with Gasteiger partial charge in [0.05, 0.1) is 0 Å². The first-order valence-corrected chi connectivity index (χ1v) is 6.97. The van der Waals surface area contributed by atoms with Crippen molar-refractivity contribution in [1.29, 1.82) is 0 Å². The summed E-state index contributed by atoms with van der Waals surface area (Å²) in [6.45, 7) is 2.34. The zero-order valence-corrected chi connectivity index (χ0v) is 10.4. The number of piperidine rings is 1. The van der Waals surface area contributed by atoms with Crippen LogP contribution in [0.25, 0.3) is 0 Å². The van der Waals surface area contributed by atoms with Crippen LogP contribution in [0, 0.1) is 0 Å². The lowest BCUT2D eigenvalue weighted by molar-refractivity contribution is 0.246. The van der Waals surface area contributed by atoms with Crippen molar-refractivity contribution in [2.75, 3.05) is 25.0 Å². The lowest BCUT2D eigenvalue weighted by Gasteiger charge is -2.37. The normalized spacial score (nSPS) is 24.3. The minimum absolute atomic E-state index is 0.173. The van der Waals surface area contributed by atoms with Gasteiger partial charge in [-0.3, -0.25) is 4.55 Å². The number of benzene rings is 1. The van der Waals surface area contributed by atoms with Gasteiger partial charge in [0.1, 0.15) is 0 Å². The second-order valence-corrected chi connectivity index (χ2v) is 5.82. The maximum atomic E-state index is 11.0. The van der Waals surface area contributed by atoms with Crippen LogP contribution < -0.4 is 5.32 Å². The Hall–Kier alpha value is -0.910. The Bertz CT molecular complexity index is 456. The highest BCUT2D eigenvalue weighted by atomic mass is 32.2. The molecule has 2 N–H and O–H groups in total. The number of nitrogens with zero attached hydrogens (tertiary/aromatic N) is 1. The van der Waals surface area contributed by atoms with Crippen LogP contribution in [-0.2, 0) is 16.7 Å². The van der Waals surface area contributed by atoms with Crippen molar-refractivity contribution in [2.24, 2.45) is 0 Å². The van der Waals surface area contributed by atoms with E-state index in [0.717, 1.165) is 19.4 Å². The lowest BCUT2D eigenvalue weighted by Crippen LogP contribution is -2.44. The third-order valence-electron chi connectivity index (χ3n) is 4.02. The number of nitrogens with one attached hydrogen (secondary N) is 1. The Kier molecular flexibility index (Phi) is 2.69. The van der Waals surface area contributed by atoms with E-state index in [9.17, 15) is 4.21 Å². The number of hydrogen-bond acceptors (Lipinski definition) is 2. The van der Waals surface area contributed by atoms with Gasteiger partial charge in [0.15, 0.2) is 0 Å². The highest BCUT2D eigenvalue weighted by molar-refractivity contribution is 7.76. The number of para-hydroxylation sites is 1. The molecule has 1 unspecified atom stereocenters. The molecule has 0 radical (unpaired) electrons. The molecule has 0 aliphatic carbocycles. The molecule has 1 saturated heterocycles. The summed E-state index contributed by atoms with van der Waals surface area (Å²) in [5, 5.41) is 3.45. The maximum absolute atomic E-state index is 11.0. The molecule has 0 aromatic heterocycles. The number of hydrogen-bond donors (Lipinski definition) is 2. The maximum Gasteiger partial charge on any atom is 0.234 e. The van der Waals surface area contributed by atoms with Crippen LogP contribution in [0.5, 0.6) is 0 Å². The van der Waals surface area contributed by atoms with Crippen molar-refractivity contribution >= 4 is 17.0 Å². The van der Waals surface area contributed by atoms with Crippen molar-refractivity contribution in [3.8, 4) is 0 Å². The van der Waals surface area contributed by atoms with E-state index in [1.165, 1.54) is 11.3 Å². The number of anilines is 1. The van der Waals surface area contributed by atoms with Gasteiger partial charge >= 0.3 is 0 Å². The molecule has 0 amide bonds. The van der Waals surface area contributed by atoms with Gasteiger partial charge in [-0.05, 0) is 24.5 Å².